The summed E-state index contributed by atoms with van der Waals surface area (Å²) in [5.41, 5.74) is 15.8. The fourth-order valence-electron chi connectivity index (χ4n) is 7.43. The molecule has 1 heterocycles. The van der Waals surface area contributed by atoms with Gasteiger partial charge in [-0.2, -0.15) is 0 Å². The summed E-state index contributed by atoms with van der Waals surface area (Å²) in [4.78, 5) is 15.5. The Hall–Kier alpha value is -4.43. The Morgan fingerprint density at radius 1 is 0.415 bits per heavy atom. The summed E-state index contributed by atoms with van der Waals surface area (Å²) in [6, 6.07) is 38.8. The van der Waals surface area contributed by atoms with Crippen molar-refractivity contribution in [3.05, 3.63) is 125 Å². The van der Waals surface area contributed by atoms with Gasteiger partial charge >= 0.3 is 0 Å². The van der Waals surface area contributed by atoms with Crippen LogP contribution in [0.3, 0.4) is 0 Å². The van der Waals surface area contributed by atoms with E-state index in [0.717, 1.165) is 36.2 Å². The molecule has 5 aromatic rings. The van der Waals surface area contributed by atoms with Crippen LogP contribution in [0.2, 0.25) is 0 Å². The smallest absolute Gasteiger partial charge is 0.226 e. The maximum Gasteiger partial charge on any atom is 0.226 e. The van der Waals surface area contributed by atoms with Crippen molar-refractivity contribution < 1.29 is 4.79 Å². The van der Waals surface area contributed by atoms with Crippen LogP contribution in [0.4, 0.5) is 5.69 Å². The van der Waals surface area contributed by atoms with Gasteiger partial charge in [0, 0.05) is 18.7 Å². The molecule has 0 spiro atoms. The number of rotatable bonds is 5. The van der Waals surface area contributed by atoms with Gasteiger partial charge in [-0.15, -0.1) is 0 Å². The second-order valence-corrected chi connectivity index (χ2v) is 19.5. The summed E-state index contributed by atoms with van der Waals surface area (Å²) in [6.07, 6.45) is 2.56. The van der Waals surface area contributed by atoms with Crippen LogP contribution in [-0.2, 0) is 26.5 Å². The molecular formula is C51H61NO. The van der Waals surface area contributed by atoms with Crippen LogP contribution in [0.25, 0.3) is 44.5 Å². The van der Waals surface area contributed by atoms with E-state index in [1.807, 2.05) is 4.90 Å². The van der Waals surface area contributed by atoms with Crippen molar-refractivity contribution in [2.24, 2.45) is 0 Å². The van der Waals surface area contributed by atoms with Crippen LogP contribution in [0.5, 0.6) is 0 Å². The molecule has 0 radical (unpaired) electrons. The van der Waals surface area contributed by atoms with Crippen LogP contribution in [0.1, 0.15) is 125 Å². The largest absolute Gasteiger partial charge is 0.312 e. The number of amides is 1. The standard InChI is InChI=1S/C51H61NO/c1-48(2,3)38-26-36(27-39(32-38)49(4,5)6)45-21-15-13-19-43(45)34-25-35(31-42(30-34)52-24-18-17-23-47(52)53)44-20-14-16-22-46(44)37-28-40(50(7,8)9)33-41(29-37)51(10,11)12/h13-16,19-22,25-33H,17-18,23-24H2,1-12H3. The predicted octanol–water partition coefficient (Wildman–Crippen LogP) is 14.1. The normalized spacial score (nSPS) is 14.5. The Morgan fingerprint density at radius 2 is 0.736 bits per heavy atom. The highest BCUT2D eigenvalue weighted by atomic mass is 16.2. The monoisotopic (exact) mass is 703 g/mol. The molecule has 5 aromatic carbocycles. The molecule has 0 atom stereocenters. The highest BCUT2D eigenvalue weighted by Gasteiger charge is 2.26. The first-order chi connectivity index (χ1) is 24.7. The maximum atomic E-state index is 13.5. The van der Waals surface area contributed by atoms with Crippen LogP contribution in [-0.4, -0.2) is 12.5 Å². The van der Waals surface area contributed by atoms with E-state index in [4.69, 9.17) is 0 Å². The second kappa shape index (κ2) is 14.1. The van der Waals surface area contributed by atoms with Gasteiger partial charge in [0.1, 0.15) is 0 Å². The van der Waals surface area contributed by atoms with E-state index in [-0.39, 0.29) is 27.6 Å². The Labute approximate surface area is 320 Å². The number of hydrogen-bond donors (Lipinski definition) is 0. The molecule has 0 saturated carbocycles. The minimum Gasteiger partial charge on any atom is -0.312 e. The highest BCUT2D eigenvalue weighted by Crippen LogP contribution is 2.43. The zero-order valence-corrected chi connectivity index (χ0v) is 34.5. The lowest BCUT2D eigenvalue weighted by molar-refractivity contribution is -0.119. The van der Waals surface area contributed by atoms with E-state index >= 15 is 0 Å². The van der Waals surface area contributed by atoms with Crippen molar-refractivity contribution in [2.45, 2.75) is 124 Å². The van der Waals surface area contributed by atoms with Crippen molar-refractivity contribution in [1.29, 1.82) is 0 Å². The van der Waals surface area contributed by atoms with Crippen molar-refractivity contribution in [1.82, 2.24) is 0 Å². The molecule has 0 unspecified atom stereocenters. The van der Waals surface area contributed by atoms with Crippen molar-refractivity contribution >= 4 is 11.6 Å². The summed E-state index contributed by atoms with van der Waals surface area (Å²) < 4.78 is 0. The molecule has 1 fully saturated rings. The predicted molar refractivity (Wildman–Crippen MR) is 229 cm³/mol. The third-order valence-electron chi connectivity index (χ3n) is 11.0. The van der Waals surface area contributed by atoms with E-state index in [0.29, 0.717) is 6.42 Å². The third kappa shape index (κ3) is 8.38. The van der Waals surface area contributed by atoms with Crippen LogP contribution < -0.4 is 4.90 Å². The zero-order valence-electron chi connectivity index (χ0n) is 34.5. The van der Waals surface area contributed by atoms with Gasteiger partial charge < -0.3 is 4.90 Å². The molecule has 0 bridgehead atoms. The summed E-state index contributed by atoms with van der Waals surface area (Å²) in [6.45, 7) is 28.4. The zero-order chi connectivity index (χ0) is 38.5. The number of nitrogens with zero attached hydrogens (tertiary/aromatic N) is 1. The molecule has 0 aliphatic carbocycles. The van der Waals surface area contributed by atoms with E-state index < -0.39 is 0 Å². The van der Waals surface area contributed by atoms with Crippen LogP contribution in [0, 0.1) is 0 Å². The number of hydrogen-bond acceptors (Lipinski definition) is 1. The molecule has 1 amide bonds. The van der Waals surface area contributed by atoms with E-state index in [1.165, 1.54) is 55.6 Å². The SMILES string of the molecule is CC(C)(C)c1cc(-c2ccccc2-c2cc(-c3ccccc3-c3cc(C(C)(C)C)cc(C(C)(C)C)c3)cc(N3CCCCC3=O)c2)cc(C(C)(C)C)c1. The first-order valence-corrected chi connectivity index (χ1v) is 19.7. The first-order valence-electron chi connectivity index (χ1n) is 19.7. The summed E-state index contributed by atoms with van der Waals surface area (Å²) in [5, 5.41) is 0. The Morgan fingerprint density at radius 3 is 1.04 bits per heavy atom. The maximum absolute atomic E-state index is 13.5. The molecule has 276 valence electrons. The van der Waals surface area contributed by atoms with E-state index in [1.54, 1.807) is 0 Å². The van der Waals surface area contributed by atoms with Gasteiger partial charge in [0.05, 0.1) is 0 Å². The molecule has 2 heteroatoms. The summed E-state index contributed by atoms with van der Waals surface area (Å²) in [5.74, 6) is 0.210. The fourth-order valence-corrected chi connectivity index (χ4v) is 7.43. The van der Waals surface area contributed by atoms with Gasteiger partial charge in [-0.05, 0) is 119 Å². The molecule has 1 saturated heterocycles. The summed E-state index contributed by atoms with van der Waals surface area (Å²) >= 11 is 0. The highest BCUT2D eigenvalue weighted by molar-refractivity contribution is 5.98. The number of anilines is 1. The van der Waals surface area contributed by atoms with Crippen molar-refractivity contribution in [3.63, 3.8) is 0 Å². The molecule has 53 heavy (non-hydrogen) atoms. The van der Waals surface area contributed by atoms with Crippen molar-refractivity contribution in [2.75, 3.05) is 11.4 Å². The number of benzene rings is 5. The lowest BCUT2D eigenvalue weighted by atomic mass is 9.78. The molecule has 0 N–H and O–H groups in total. The van der Waals surface area contributed by atoms with Gasteiger partial charge in [-0.3, -0.25) is 4.79 Å². The molecule has 0 aromatic heterocycles. The van der Waals surface area contributed by atoms with Crippen LogP contribution in [0.15, 0.2) is 103 Å². The Bertz CT molecular complexity index is 1940. The summed E-state index contributed by atoms with van der Waals surface area (Å²) in [7, 11) is 0. The van der Waals surface area contributed by atoms with E-state index in [2.05, 4.69) is 186 Å². The molecular weight excluding hydrogens is 643 g/mol. The number of carbonyl (C=O) groups is 1. The number of piperidine rings is 1. The van der Waals surface area contributed by atoms with Gasteiger partial charge in [0.25, 0.3) is 0 Å². The van der Waals surface area contributed by atoms with Gasteiger partial charge in [0.15, 0.2) is 0 Å². The average molecular weight is 704 g/mol. The first kappa shape index (κ1) is 38.3. The fraction of sp³-hybridized carbons (Fsp3) is 0.392. The number of carbonyl (C=O) groups excluding carboxylic acids is 1. The topological polar surface area (TPSA) is 20.3 Å². The van der Waals surface area contributed by atoms with Gasteiger partial charge in [-0.25, -0.2) is 0 Å². The van der Waals surface area contributed by atoms with Crippen molar-refractivity contribution in [3.8, 4) is 44.5 Å². The van der Waals surface area contributed by atoms with Crippen LogP contribution >= 0.6 is 0 Å². The average Bonchev–Trinajstić information content (AvgIpc) is 3.10. The Kier molecular flexibility index (Phi) is 10.2. The lowest BCUT2D eigenvalue weighted by Gasteiger charge is -2.29. The third-order valence-corrected chi connectivity index (χ3v) is 11.0. The lowest BCUT2D eigenvalue weighted by Crippen LogP contribution is -2.35. The molecule has 1 aliphatic rings. The van der Waals surface area contributed by atoms with Gasteiger partial charge in [-0.1, -0.05) is 168 Å². The Balaban J connectivity index is 1.61. The minimum atomic E-state index is 0.00746. The molecule has 6 rings (SSSR count). The second-order valence-electron chi connectivity index (χ2n) is 19.5. The molecule has 2 nitrogen and oxygen atoms in total. The van der Waals surface area contributed by atoms with E-state index in [9.17, 15) is 4.79 Å². The van der Waals surface area contributed by atoms with Gasteiger partial charge in [0.2, 0.25) is 5.91 Å². The minimum absolute atomic E-state index is 0.00746. The molecule has 1 aliphatic heterocycles. The quantitative estimate of drug-likeness (QED) is 0.178.